The predicted octanol–water partition coefficient (Wildman–Crippen LogP) is 0.539. The minimum absolute atomic E-state index is 0.00345. The average molecular weight is 396 g/mol. The van der Waals surface area contributed by atoms with Gasteiger partial charge in [-0.3, -0.25) is 23.3 Å². The van der Waals surface area contributed by atoms with Crippen molar-refractivity contribution in [3.63, 3.8) is 0 Å². The molecule has 152 valence electrons. The van der Waals surface area contributed by atoms with Gasteiger partial charge in [0.15, 0.2) is 5.65 Å². The first-order chi connectivity index (χ1) is 13.9. The molecule has 4 heterocycles. The van der Waals surface area contributed by atoms with E-state index in [0.29, 0.717) is 36.9 Å². The molecule has 0 N–H and O–H groups in total. The van der Waals surface area contributed by atoms with Crippen molar-refractivity contribution in [2.45, 2.75) is 32.9 Å². The Kier molecular flexibility index (Phi) is 5.04. The number of carbonyl (C=O) groups excluding carboxylic acids is 1. The van der Waals surface area contributed by atoms with E-state index in [2.05, 4.69) is 9.97 Å². The Balaban J connectivity index is 1.40. The molecule has 3 aromatic heterocycles. The highest BCUT2D eigenvalue weighted by Gasteiger charge is 2.25. The number of fused-ring (bicyclic) bond motifs is 1. The number of piperidine rings is 1. The zero-order chi connectivity index (χ0) is 20.5. The second-order valence-electron chi connectivity index (χ2n) is 7.62. The molecule has 1 fully saturated rings. The Morgan fingerprint density at radius 1 is 1.21 bits per heavy atom. The Morgan fingerprint density at radius 3 is 2.69 bits per heavy atom. The van der Waals surface area contributed by atoms with E-state index < -0.39 is 0 Å². The molecule has 1 aliphatic heterocycles. The smallest absolute Gasteiger partial charge is 0.330 e. The number of likely N-dealkylation sites (tertiary alicyclic amines) is 1. The highest BCUT2D eigenvalue weighted by Crippen LogP contribution is 2.20. The van der Waals surface area contributed by atoms with Crippen molar-refractivity contribution in [3.8, 4) is 0 Å². The maximum Gasteiger partial charge on any atom is 0.330 e. The molecule has 1 saturated heterocycles. The molecule has 0 unspecified atom stereocenters. The van der Waals surface area contributed by atoms with Crippen LogP contribution < -0.4 is 11.2 Å². The van der Waals surface area contributed by atoms with E-state index in [9.17, 15) is 14.4 Å². The number of rotatable bonds is 4. The lowest BCUT2D eigenvalue weighted by atomic mass is 9.96. The van der Waals surface area contributed by atoms with Gasteiger partial charge < -0.3 is 4.90 Å². The standard InChI is InChI=1S/C20H24N6O3/c1-14-10-17(27)25(13-22-14)12-18(28)24-8-5-15(6-9-24)11-26-19-16(4-3-7-21-19)23(2)20(26)29/h3-4,7,10,13,15H,5-6,8-9,11-12H2,1-2H3. The third-order valence-electron chi connectivity index (χ3n) is 5.63. The summed E-state index contributed by atoms with van der Waals surface area (Å²) in [6.45, 7) is 3.57. The molecule has 1 aliphatic rings. The van der Waals surface area contributed by atoms with E-state index in [-0.39, 0.29) is 23.7 Å². The summed E-state index contributed by atoms with van der Waals surface area (Å²) >= 11 is 0. The fourth-order valence-electron chi connectivity index (χ4n) is 3.90. The minimum Gasteiger partial charge on any atom is -0.341 e. The number of aryl methyl sites for hydroxylation is 2. The van der Waals surface area contributed by atoms with Crippen LogP contribution in [0, 0.1) is 12.8 Å². The van der Waals surface area contributed by atoms with Crippen LogP contribution in [0.2, 0.25) is 0 Å². The first-order valence-corrected chi connectivity index (χ1v) is 9.75. The van der Waals surface area contributed by atoms with Gasteiger partial charge in [-0.15, -0.1) is 0 Å². The number of hydrogen-bond acceptors (Lipinski definition) is 5. The Labute approximate surface area is 167 Å². The number of amides is 1. The first-order valence-electron chi connectivity index (χ1n) is 9.75. The lowest BCUT2D eigenvalue weighted by molar-refractivity contribution is -0.133. The predicted molar refractivity (Wildman–Crippen MR) is 108 cm³/mol. The van der Waals surface area contributed by atoms with Crippen molar-refractivity contribution in [3.05, 3.63) is 57.3 Å². The van der Waals surface area contributed by atoms with Gasteiger partial charge in [-0.05, 0) is 37.8 Å². The lowest BCUT2D eigenvalue weighted by Gasteiger charge is -2.32. The maximum atomic E-state index is 12.6. The van der Waals surface area contributed by atoms with Crippen LogP contribution in [0.15, 0.2) is 40.3 Å². The highest BCUT2D eigenvalue weighted by molar-refractivity contribution is 5.76. The molecule has 0 aromatic carbocycles. The molecule has 0 radical (unpaired) electrons. The number of hydrogen-bond donors (Lipinski definition) is 0. The molecule has 0 atom stereocenters. The van der Waals surface area contributed by atoms with Crippen molar-refractivity contribution < 1.29 is 4.79 Å². The van der Waals surface area contributed by atoms with E-state index in [1.165, 1.54) is 17.0 Å². The second-order valence-corrected chi connectivity index (χ2v) is 7.62. The summed E-state index contributed by atoms with van der Waals surface area (Å²) in [5, 5.41) is 0. The van der Waals surface area contributed by atoms with Crippen molar-refractivity contribution in [2.75, 3.05) is 13.1 Å². The normalized spacial score (nSPS) is 15.2. The van der Waals surface area contributed by atoms with Gasteiger partial charge in [-0.1, -0.05) is 0 Å². The van der Waals surface area contributed by atoms with Crippen molar-refractivity contribution >= 4 is 17.1 Å². The van der Waals surface area contributed by atoms with Crippen LogP contribution in [0.3, 0.4) is 0 Å². The summed E-state index contributed by atoms with van der Waals surface area (Å²) in [7, 11) is 1.76. The zero-order valence-electron chi connectivity index (χ0n) is 16.6. The van der Waals surface area contributed by atoms with Crippen molar-refractivity contribution in [2.24, 2.45) is 13.0 Å². The van der Waals surface area contributed by atoms with Crippen molar-refractivity contribution in [1.29, 1.82) is 0 Å². The van der Waals surface area contributed by atoms with Gasteiger partial charge in [0, 0.05) is 44.6 Å². The fraction of sp³-hybridized carbons (Fsp3) is 0.450. The van der Waals surface area contributed by atoms with E-state index in [4.69, 9.17) is 0 Å². The maximum absolute atomic E-state index is 12.6. The van der Waals surface area contributed by atoms with Gasteiger partial charge in [-0.25, -0.2) is 14.8 Å². The van der Waals surface area contributed by atoms with Crippen LogP contribution in [0.4, 0.5) is 0 Å². The number of nitrogens with zero attached hydrogens (tertiary/aromatic N) is 6. The third-order valence-corrected chi connectivity index (χ3v) is 5.63. The summed E-state index contributed by atoms with van der Waals surface area (Å²) in [6.07, 6.45) is 4.73. The van der Waals surface area contributed by atoms with E-state index in [1.54, 1.807) is 34.2 Å². The van der Waals surface area contributed by atoms with E-state index in [0.717, 1.165) is 18.4 Å². The van der Waals surface area contributed by atoms with Gasteiger partial charge in [0.2, 0.25) is 5.91 Å². The summed E-state index contributed by atoms with van der Waals surface area (Å²) in [6, 6.07) is 5.14. The lowest BCUT2D eigenvalue weighted by Crippen LogP contribution is -2.42. The molecule has 0 spiro atoms. The SMILES string of the molecule is Cc1cc(=O)n(CC(=O)N2CCC(Cn3c(=O)n(C)c4cccnc43)CC2)cn1. The molecule has 9 nitrogen and oxygen atoms in total. The van der Waals surface area contributed by atoms with Gasteiger partial charge in [0.25, 0.3) is 5.56 Å². The monoisotopic (exact) mass is 396 g/mol. The first kappa shape index (κ1) is 19.1. The molecule has 0 aliphatic carbocycles. The topological polar surface area (TPSA) is 95.0 Å². The van der Waals surface area contributed by atoms with Gasteiger partial charge in [0.05, 0.1) is 11.8 Å². The average Bonchev–Trinajstić information content (AvgIpc) is 2.96. The van der Waals surface area contributed by atoms with Crippen LogP contribution in [0.5, 0.6) is 0 Å². The van der Waals surface area contributed by atoms with Crippen LogP contribution in [-0.4, -0.2) is 47.6 Å². The van der Waals surface area contributed by atoms with Gasteiger partial charge in [-0.2, -0.15) is 0 Å². The molecule has 9 heteroatoms. The summed E-state index contributed by atoms with van der Waals surface area (Å²) in [5.74, 6) is 0.216. The summed E-state index contributed by atoms with van der Waals surface area (Å²) in [4.78, 5) is 47.4. The Morgan fingerprint density at radius 2 is 1.97 bits per heavy atom. The fourth-order valence-corrected chi connectivity index (χ4v) is 3.90. The molecular formula is C20H24N6O3. The molecule has 0 bridgehead atoms. The second kappa shape index (κ2) is 7.65. The van der Waals surface area contributed by atoms with E-state index in [1.807, 2.05) is 12.1 Å². The third kappa shape index (κ3) is 3.72. The van der Waals surface area contributed by atoms with E-state index >= 15 is 0 Å². The molecule has 1 amide bonds. The van der Waals surface area contributed by atoms with Gasteiger partial charge >= 0.3 is 5.69 Å². The Bertz CT molecular complexity index is 1170. The number of aromatic nitrogens is 5. The quantitative estimate of drug-likeness (QED) is 0.641. The molecule has 29 heavy (non-hydrogen) atoms. The van der Waals surface area contributed by atoms with Crippen molar-refractivity contribution in [1.82, 2.24) is 28.6 Å². The van der Waals surface area contributed by atoms with Gasteiger partial charge in [0.1, 0.15) is 6.54 Å². The van der Waals surface area contributed by atoms with Crippen LogP contribution >= 0.6 is 0 Å². The molecular weight excluding hydrogens is 372 g/mol. The molecule has 3 aromatic rings. The summed E-state index contributed by atoms with van der Waals surface area (Å²) < 4.78 is 4.69. The van der Waals surface area contributed by atoms with Crippen LogP contribution in [0.25, 0.3) is 11.2 Å². The highest BCUT2D eigenvalue weighted by atomic mass is 16.2. The summed E-state index contributed by atoms with van der Waals surface area (Å²) in [5.41, 5.74) is 1.87. The molecule has 4 rings (SSSR count). The largest absolute Gasteiger partial charge is 0.341 e. The number of pyridine rings is 1. The number of imidazole rings is 1. The zero-order valence-corrected chi connectivity index (χ0v) is 16.6. The molecule has 0 saturated carbocycles. The Hall–Kier alpha value is -3.23. The van der Waals surface area contributed by atoms with Crippen LogP contribution in [0.1, 0.15) is 18.5 Å². The van der Waals surface area contributed by atoms with Crippen LogP contribution in [-0.2, 0) is 24.9 Å². The number of carbonyl (C=O) groups is 1. The minimum atomic E-state index is -0.219.